The van der Waals surface area contributed by atoms with Crippen LogP contribution in [0.2, 0.25) is 0 Å². The predicted octanol–water partition coefficient (Wildman–Crippen LogP) is 4.86. The van der Waals surface area contributed by atoms with Gasteiger partial charge in [0.05, 0.1) is 17.2 Å². The minimum Gasteiger partial charge on any atom is -0.455 e. The fraction of sp³-hybridized carbons (Fsp3) is 0. The van der Waals surface area contributed by atoms with E-state index in [1.165, 1.54) is 0 Å². The number of nitriles is 1. The van der Waals surface area contributed by atoms with Gasteiger partial charge in [-0.3, -0.25) is 0 Å². The molecule has 0 amide bonds. The first-order valence-electron chi connectivity index (χ1n) is 7.27. The summed E-state index contributed by atoms with van der Waals surface area (Å²) >= 11 is 0. The Kier molecular flexibility index (Phi) is 3.08. The van der Waals surface area contributed by atoms with Crippen molar-refractivity contribution in [3.63, 3.8) is 0 Å². The molecule has 0 aliphatic rings. The van der Waals surface area contributed by atoms with Crippen LogP contribution in [0.25, 0.3) is 21.9 Å². The van der Waals surface area contributed by atoms with Gasteiger partial charge in [0, 0.05) is 16.3 Å². The molecule has 0 fully saturated rings. The second-order valence-corrected chi connectivity index (χ2v) is 5.22. The van der Waals surface area contributed by atoms with Gasteiger partial charge in [0.1, 0.15) is 5.58 Å². The zero-order valence-electron chi connectivity index (χ0n) is 12.2. The largest absolute Gasteiger partial charge is 0.455 e. The Balaban J connectivity index is 1.87. The minimum absolute atomic E-state index is 0.610. The lowest BCUT2D eigenvalue weighted by atomic mass is 10.1. The fourth-order valence-electron chi connectivity index (χ4n) is 2.65. The Morgan fingerprint density at radius 1 is 0.739 bits per heavy atom. The first kappa shape index (κ1) is 13.2. The topological polar surface area (TPSA) is 36.9 Å². The molecule has 0 saturated carbocycles. The van der Waals surface area contributed by atoms with Crippen molar-refractivity contribution in [1.29, 1.82) is 5.26 Å². The number of para-hydroxylation sites is 2. The Morgan fingerprint density at radius 2 is 1.52 bits per heavy atom. The van der Waals surface area contributed by atoms with Crippen LogP contribution in [0.5, 0.6) is 0 Å². The predicted molar refractivity (Wildman–Crippen MR) is 90.9 cm³/mol. The molecule has 0 atom stereocenters. The quantitative estimate of drug-likeness (QED) is 0.434. The van der Waals surface area contributed by atoms with E-state index < -0.39 is 0 Å². The second kappa shape index (κ2) is 5.37. The summed E-state index contributed by atoms with van der Waals surface area (Å²) < 4.78 is 5.96. The van der Waals surface area contributed by atoms with Crippen molar-refractivity contribution in [2.24, 2.45) is 0 Å². The first-order chi connectivity index (χ1) is 11.3. The van der Waals surface area contributed by atoms with Gasteiger partial charge in [-0.2, -0.15) is 5.26 Å². The number of benzene rings is 3. The maximum absolute atomic E-state index is 8.96. The normalized spacial score (nSPS) is 10.2. The molecule has 0 N–H and O–H groups in total. The van der Waals surface area contributed by atoms with Crippen molar-refractivity contribution in [3.8, 4) is 17.9 Å². The Hall–Kier alpha value is -3.49. The summed E-state index contributed by atoms with van der Waals surface area (Å²) in [5.74, 6) is 6.27. The van der Waals surface area contributed by atoms with Crippen molar-refractivity contribution >= 4 is 21.9 Å². The molecule has 3 aromatic carbocycles. The molecule has 0 spiro atoms. The van der Waals surface area contributed by atoms with E-state index in [4.69, 9.17) is 9.68 Å². The SMILES string of the molecule is N#Cc1cccc(C#Cc2cccc3c2oc2ccccc23)c1. The van der Waals surface area contributed by atoms with Gasteiger partial charge >= 0.3 is 0 Å². The molecule has 23 heavy (non-hydrogen) atoms. The monoisotopic (exact) mass is 293 g/mol. The minimum atomic E-state index is 0.610. The molecule has 1 aromatic heterocycles. The van der Waals surface area contributed by atoms with Crippen LogP contribution in [0.4, 0.5) is 0 Å². The summed E-state index contributed by atoms with van der Waals surface area (Å²) in [6, 6.07) is 23.4. The number of hydrogen-bond acceptors (Lipinski definition) is 2. The van der Waals surface area contributed by atoms with E-state index in [1.54, 1.807) is 12.1 Å². The maximum atomic E-state index is 8.96. The number of hydrogen-bond donors (Lipinski definition) is 0. The van der Waals surface area contributed by atoms with Gasteiger partial charge in [0.2, 0.25) is 0 Å². The number of rotatable bonds is 0. The smallest absolute Gasteiger partial charge is 0.151 e. The van der Waals surface area contributed by atoms with Gasteiger partial charge in [-0.25, -0.2) is 0 Å². The Bertz CT molecular complexity index is 1130. The molecule has 4 rings (SSSR count). The zero-order chi connectivity index (χ0) is 15.6. The van der Waals surface area contributed by atoms with Crippen molar-refractivity contribution in [2.45, 2.75) is 0 Å². The van der Waals surface area contributed by atoms with E-state index in [0.717, 1.165) is 33.1 Å². The van der Waals surface area contributed by atoms with Crippen LogP contribution in [-0.4, -0.2) is 0 Å². The average Bonchev–Trinajstić information content (AvgIpc) is 2.99. The molecule has 0 aliphatic carbocycles. The van der Waals surface area contributed by atoms with Gasteiger partial charge in [-0.1, -0.05) is 48.2 Å². The molecule has 0 unspecified atom stereocenters. The highest BCUT2D eigenvalue weighted by molar-refractivity contribution is 6.06. The summed E-state index contributed by atoms with van der Waals surface area (Å²) in [5.41, 5.74) is 3.94. The lowest BCUT2D eigenvalue weighted by Gasteiger charge is -1.93. The van der Waals surface area contributed by atoms with Gasteiger partial charge in [-0.15, -0.1) is 0 Å². The van der Waals surface area contributed by atoms with Crippen LogP contribution < -0.4 is 0 Å². The number of furan rings is 1. The second-order valence-electron chi connectivity index (χ2n) is 5.22. The third kappa shape index (κ3) is 2.33. The van der Waals surface area contributed by atoms with Crippen LogP contribution in [0.15, 0.2) is 71.1 Å². The highest BCUT2D eigenvalue weighted by Gasteiger charge is 2.08. The van der Waals surface area contributed by atoms with Crippen molar-refractivity contribution < 1.29 is 4.42 Å². The highest BCUT2D eigenvalue weighted by atomic mass is 16.3. The molecule has 1 heterocycles. The molecule has 0 aliphatic heterocycles. The van der Waals surface area contributed by atoms with Crippen LogP contribution in [0.1, 0.15) is 16.7 Å². The van der Waals surface area contributed by atoms with Crippen LogP contribution in [0.3, 0.4) is 0 Å². The van der Waals surface area contributed by atoms with E-state index in [1.807, 2.05) is 48.5 Å². The molecule has 4 aromatic rings. The average molecular weight is 293 g/mol. The first-order valence-corrected chi connectivity index (χ1v) is 7.27. The molecule has 0 radical (unpaired) electrons. The third-order valence-electron chi connectivity index (χ3n) is 3.74. The third-order valence-corrected chi connectivity index (χ3v) is 3.74. The summed E-state index contributed by atoms with van der Waals surface area (Å²) in [7, 11) is 0. The summed E-state index contributed by atoms with van der Waals surface area (Å²) in [6.07, 6.45) is 0. The van der Waals surface area contributed by atoms with Crippen molar-refractivity contribution in [1.82, 2.24) is 0 Å². The standard InChI is InChI=1S/C21H11NO/c22-14-16-6-3-5-15(13-16)11-12-17-7-4-9-19-18-8-1-2-10-20(18)23-21(17)19/h1-10,13H. The number of fused-ring (bicyclic) bond motifs is 3. The molecule has 0 saturated heterocycles. The molecular weight excluding hydrogens is 282 g/mol. The summed E-state index contributed by atoms with van der Waals surface area (Å²) in [6.45, 7) is 0. The van der Waals surface area contributed by atoms with E-state index in [-0.39, 0.29) is 0 Å². The molecule has 2 heteroatoms. The lowest BCUT2D eigenvalue weighted by molar-refractivity contribution is 0.668. The van der Waals surface area contributed by atoms with Crippen molar-refractivity contribution in [3.05, 3.63) is 83.4 Å². The Labute approximate surface area is 133 Å². The van der Waals surface area contributed by atoms with E-state index in [2.05, 4.69) is 24.0 Å². The van der Waals surface area contributed by atoms with Gasteiger partial charge < -0.3 is 4.42 Å². The molecular formula is C21H11NO. The lowest BCUT2D eigenvalue weighted by Crippen LogP contribution is -1.79. The Morgan fingerprint density at radius 3 is 2.43 bits per heavy atom. The van der Waals surface area contributed by atoms with E-state index in [0.29, 0.717) is 5.56 Å². The molecule has 0 bridgehead atoms. The highest BCUT2D eigenvalue weighted by Crippen LogP contribution is 2.30. The van der Waals surface area contributed by atoms with Gasteiger partial charge in [0.25, 0.3) is 0 Å². The van der Waals surface area contributed by atoms with Gasteiger partial charge in [0.15, 0.2) is 5.58 Å². The van der Waals surface area contributed by atoms with Crippen molar-refractivity contribution in [2.75, 3.05) is 0 Å². The number of nitrogens with zero attached hydrogens (tertiary/aromatic N) is 1. The van der Waals surface area contributed by atoms with E-state index in [9.17, 15) is 0 Å². The van der Waals surface area contributed by atoms with Crippen LogP contribution in [-0.2, 0) is 0 Å². The van der Waals surface area contributed by atoms with Gasteiger partial charge in [-0.05, 0) is 30.3 Å². The van der Waals surface area contributed by atoms with Crippen LogP contribution in [0, 0.1) is 23.2 Å². The van der Waals surface area contributed by atoms with Crippen LogP contribution >= 0.6 is 0 Å². The zero-order valence-corrected chi connectivity index (χ0v) is 12.2. The summed E-state index contributed by atoms with van der Waals surface area (Å²) in [5, 5.41) is 11.1. The van der Waals surface area contributed by atoms with E-state index >= 15 is 0 Å². The molecule has 106 valence electrons. The fourth-order valence-corrected chi connectivity index (χ4v) is 2.65. The molecule has 2 nitrogen and oxygen atoms in total. The maximum Gasteiger partial charge on any atom is 0.151 e. The summed E-state index contributed by atoms with van der Waals surface area (Å²) in [4.78, 5) is 0.